The van der Waals surface area contributed by atoms with Crippen LogP contribution in [0.2, 0.25) is 0 Å². The van der Waals surface area contributed by atoms with Gasteiger partial charge in [0.15, 0.2) is 10.9 Å². The Hall–Kier alpha value is -1.27. The molecule has 1 N–H and O–H groups in total. The molecule has 1 fully saturated rings. The number of amides is 1. The van der Waals surface area contributed by atoms with Gasteiger partial charge in [0, 0.05) is 13.0 Å². The highest BCUT2D eigenvalue weighted by Crippen LogP contribution is 2.38. The van der Waals surface area contributed by atoms with E-state index in [0.717, 1.165) is 25.0 Å². The summed E-state index contributed by atoms with van der Waals surface area (Å²) in [6.45, 7) is 4.77. The number of rotatable bonds is 2. The first-order valence-electron chi connectivity index (χ1n) is 6.90. The van der Waals surface area contributed by atoms with Crippen molar-refractivity contribution in [2.24, 2.45) is 5.41 Å². The van der Waals surface area contributed by atoms with E-state index in [2.05, 4.69) is 24.1 Å². The number of ketones is 1. The SMILES string of the molecule is CC1(C)CC(=O)c2sc(NC(=O)C3CCCO3)nc2C1. The van der Waals surface area contributed by atoms with Gasteiger partial charge in [-0.05, 0) is 24.7 Å². The Kier molecular flexibility index (Phi) is 3.38. The Morgan fingerprint density at radius 1 is 1.45 bits per heavy atom. The number of ether oxygens (including phenoxy) is 1. The maximum Gasteiger partial charge on any atom is 0.255 e. The highest BCUT2D eigenvalue weighted by atomic mass is 32.1. The third kappa shape index (κ3) is 2.62. The number of nitrogens with one attached hydrogen (secondary N) is 1. The van der Waals surface area contributed by atoms with E-state index in [-0.39, 0.29) is 23.2 Å². The maximum absolute atomic E-state index is 12.1. The first-order chi connectivity index (χ1) is 9.44. The molecular formula is C14H18N2O3S. The molecule has 1 amide bonds. The van der Waals surface area contributed by atoms with Gasteiger partial charge in [0.25, 0.3) is 5.91 Å². The number of hydrogen-bond acceptors (Lipinski definition) is 5. The molecule has 2 aliphatic rings. The molecule has 0 spiro atoms. The van der Waals surface area contributed by atoms with Crippen LogP contribution in [0.1, 0.15) is 48.5 Å². The largest absolute Gasteiger partial charge is 0.368 e. The minimum atomic E-state index is -0.372. The molecule has 1 aromatic rings. The first-order valence-corrected chi connectivity index (χ1v) is 7.72. The van der Waals surface area contributed by atoms with Gasteiger partial charge in [0.2, 0.25) is 0 Å². The fourth-order valence-electron chi connectivity index (χ4n) is 2.74. The first kappa shape index (κ1) is 13.7. The van der Waals surface area contributed by atoms with Crippen LogP contribution < -0.4 is 5.32 Å². The van der Waals surface area contributed by atoms with Gasteiger partial charge >= 0.3 is 0 Å². The molecule has 6 heteroatoms. The second-order valence-corrected chi connectivity index (χ2v) is 7.23. The lowest BCUT2D eigenvalue weighted by molar-refractivity contribution is -0.124. The fourth-order valence-corrected chi connectivity index (χ4v) is 3.67. The molecule has 1 unspecified atom stereocenters. The monoisotopic (exact) mass is 294 g/mol. The molecule has 0 saturated carbocycles. The Balaban J connectivity index is 1.76. The summed E-state index contributed by atoms with van der Waals surface area (Å²) in [5.74, 6) is -0.0216. The summed E-state index contributed by atoms with van der Waals surface area (Å²) in [6, 6.07) is 0. The number of fused-ring (bicyclic) bond motifs is 1. The normalized spacial score (nSPS) is 24.5. The lowest BCUT2D eigenvalue weighted by Gasteiger charge is -2.26. The van der Waals surface area contributed by atoms with Gasteiger partial charge in [-0.3, -0.25) is 14.9 Å². The van der Waals surface area contributed by atoms with Crippen molar-refractivity contribution in [3.05, 3.63) is 10.6 Å². The number of carbonyl (C=O) groups excluding carboxylic acids is 2. The van der Waals surface area contributed by atoms with Gasteiger partial charge in [-0.2, -0.15) is 0 Å². The van der Waals surface area contributed by atoms with E-state index in [4.69, 9.17) is 4.74 Å². The number of nitrogens with zero attached hydrogens (tertiary/aromatic N) is 1. The predicted molar refractivity (Wildman–Crippen MR) is 76.2 cm³/mol. The molecule has 108 valence electrons. The van der Waals surface area contributed by atoms with E-state index in [9.17, 15) is 9.59 Å². The molecule has 0 bridgehead atoms. The minimum Gasteiger partial charge on any atom is -0.368 e. The summed E-state index contributed by atoms with van der Waals surface area (Å²) in [5.41, 5.74) is 0.771. The third-order valence-electron chi connectivity index (χ3n) is 3.69. The van der Waals surface area contributed by atoms with E-state index in [1.54, 1.807) is 0 Å². The van der Waals surface area contributed by atoms with E-state index in [1.165, 1.54) is 11.3 Å². The summed E-state index contributed by atoms with van der Waals surface area (Å²) in [7, 11) is 0. The second kappa shape index (κ2) is 4.93. The van der Waals surface area contributed by atoms with Crippen molar-refractivity contribution in [2.75, 3.05) is 11.9 Å². The van der Waals surface area contributed by atoms with Crippen molar-refractivity contribution in [1.29, 1.82) is 0 Å². The number of aromatic nitrogens is 1. The van der Waals surface area contributed by atoms with Crippen molar-refractivity contribution < 1.29 is 14.3 Å². The zero-order valence-corrected chi connectivity index (χ0v) is 12.5. The standard InChI is InChI=1S/C14H18N2O3S/c1-14(2)6-8-11(9(17)7-14)20-13(15-8)16-12(18)10-4-3-5-19-10/h10H,3-7H2,1-2H3,(H,15,16,18). The second-order valence-electron chi connectivity index (χ2n) is 6.23. The highest BCUT2D eigenvalue weighted by molar-refractivity contribution is 7.17. The van der Waals surface area contributed by atoms with Crippen molar-refractivity contribution in [3.63, 3.8) is 0 Å². The topological polar surface area (TPSA) is 68.3 Å². The predicted octanol–water partition coefficient (Wildman–Crippen LogP) is 2.42. The molecule has 1 saturated heterocycles. The summed E-state index contributed by atoms with van der Waals surface area (Å²) >= 11 is 1.28. The van der Waals surface area contributed by atoms with Gasteiger partial charge < -0.3 is 4.74 Å². The van der Waals surface area contributed by atoms with Crippen LogP contribution in [0.4, 0.5) is 5.13 Å². The van der Waals surface area contributed by atoms with Crippen molar-refractivity contribution in [2.45, 2.75) is 45.6 Å². The van der Waals surface area contributed by atoms with Crippen molar-refractivity contribution in [3.8, 4) is 0 Å². The zero-order valence-electron chi connectivity index (χ0n) is 11.7. The molecular weight excluding hydrogens is 276 g/mol. The Morgan fingerprint density at radius 2 is 2.25 bits per heavy atom. The molecule has 5 nitrogen and oxygen atoms in total. The van der Waals surface area contributed by atoms with Gasteiger partial charge in [0.05, 0.1) is 10.6 Å². The van der Waals surface area contributed by atoms with Crippen LogP contribution in [-0.2, 0) is 16.0 Å². The number of hydrogen-bond donors (Lipinski definition) is 1. The average Bonchev–Trinajstić information content (AvgIpc) is 2.95. The Bertz CT molecular complexity index is 559. The Morgan fingerprint density at radius 3 is 2.95 bits per heavy atom. The quantitative estimate of drug-likeness (QED) is 0.909. The van der Waals surface area contributed by atoms with Crippen molar-refractivity contribution in [1.82, 2.24) is 4.98 Å². The van der Waals surface area contributed by atoms with Crippen LogP contribution >= 0.6 is 11.3 Å². The minimum absolute atomic E-state index is 0.0476. The molecule has 20 heavy (non-hydrogen) atoms. The van der Waals surface area contributed by atoms with Gasteiger partial charge in [-0.1, -0.05) is 25.2 Å². The van der Waals surface area contributed by atoms with Crippen molar-refractivity contribution >= 4 is 28.2 Å². The molecule has 1 atom stereocenters. The summed E-state index contributed by atoms with van der Waals surface area (Å²) in [6.07, 6.45) is 2.62. The zero-order chi connectivity index (χ0) is 14.3. The molecule has 0 aromatic carbocycles. The van der Waals surface area contributed by atoms with E-state index < -0.39 is 0 Å². The van der Waals surface area contributed by atoms with E-state index in [1.807, 2.05) is 0 Å². The van der Waals surface area contributed by atoms with E-state index >= 15 is 0 Å². The molecule has 1 aliphatic carbocycles. The molecule has 3 rings (SSSR count). The highest BCUT2D eigenvalue weighted by Gasteiger charge is 2.34. The van der Waals surface area contributed by atoms with Gasteiger partial charge in [-0.25, -0.2) is 4.98 Å². The molecule has 1 aliphatic heterocycles. The number of anilines is 1. The fraction of sp³-hybridized carbons (Fsp3) is 0.643. The van der Waals surface area contributed by atoms with Gasteiger partial charge in [0.1, 0.15) is 6.10 Å². The van der Waals surface area contributed by atoms with Crippen LogP contribution in [0.15, 0.2) is 0 Å². The molecule has 0 radical (unpaired) electrons. The lowest BCUT2D eigenvalue weighted by Crippen LogP contribution is -2.27. The summed E-state index contributed by atoms with van der Waals surface area (Å²) in [5, 5.41) is 3.30. The lowest BCUT2D eigenvalue weighted by atomic mass is 9.78. The Labute approximate surface area is 121 Å². The summed E-state index contributed by atoms with van der Waals surface area (Å²) in [4.78, 5) is 29.2. The number of thiazole rings is 1. The van der Waals surface area contributed by atoms with Crippen LogP contribution in [0, 0.1) is 5.41 Å². The van der Waals surface area contributed by atoms with Crippen LogP contribution in [0.25, 0.3) is 0 Å². The van der Waals surface area contributed by atoms with E-state index in [0.29, 0.717) is 23.0 Å². The number of Topliss-reactive ketones (excluding diaryl/α,β-unsaturated/α-hetero) is 1. The van der Waals surface area contributed by atoms with Crippen LogP contribution in [0.3, 0.4) is 0 Å². The summed E-state index contributed by atoms with van der Waals surface area (Å²) < 4.78 is 5.34. The van der Waals surface area contributed by atoms with Gasteiger partial charge in [-0.15, -0.1) is 0 Å². The molecule has 1 aromatic heterocycles. The maximum atomic E-state index is 12.1. The number of carbonyl (C=O) groups is 2. The van der Waals surface area contributed by atoms with Crippen LogP contribution in [0.5, 0.6) is 0 Å². The third-order valence-corrected chi connectivity index (χ3v) is 4.74. The molecule has 2 heterocycles. The van der Waals surface area contributed by atoms with Crippen LogP contribution in [-0.4, -0.2) is 29.4 Å². The average molecular weight is 294 g/mol. The smallest absolute Gasteiger partial charge is 0.255 e.